The highest BCUT2D eigenvalue weighted by Gasteiger charge is 2.58. The molecule has 0 aromatic heterocycles. The Morgan fingerprint density at radius 2 is 0.675 bits per heavy atom. The maximum Gasteiger partial charge on any atom is 0.344 e. The molecule has 6 aliphatic carbocycles. The summed E-state index contributed by atoms with van der Waals surface area (Å²) in [6.45, 7) is 19.3. The van der Waals surface area contributed by atoms with Crippen molar-refractivity contribution in [1.82, 2.24) is 0 Å². The second-order valence-corrected chi connectivity index (χ2v) is 23.2. The van der Waals surface area contributed by atoms with E-state index in [1.807, 2.05) is 34.6 Å². The lowest BCUT2D eigenvalue weighted by Gasteiger charge is -2.60. The van der Waals surface area contributed by atoms with Crippen molar-refractivity contribution >= 4 is 53.7 Å². The average Bonchev–Trinajstić information content (AvgIpc) is 3.80. The number of hydrogen-bond acceptors (Lipinski definition) is 18. The molecule has 18 nitrogen and oxygen atoms in total. The fourth-order valence-electron chi connectivity index (χ4n) is 10.5. The maximum atomic E-state index is 12.4. The largest absolute Gasteiger partial charge is 0.457 e. The van der Waals surface area contributed by atoms with E-state index < -0.39 is 126 Å². The molecule has 0 N–H and O–H groups in total. The van der Waals surface area contributed by atoms with Gasteiger partial charge in [0.15, 0.2) is 39.6 Å². The first-order valence-electron chi connectivity index (χ1n) is 27.3. The van der Waals surface area contributed by atoms with Gasteiger partial charge in [-0.2, -0.15) is 0 Å². The van der Waals surface area contributed by atoms with Gasteiger partial charge in [0.05, 0.1) is 16.2 Å². The summed E-state index contributed by atoms with van der Waals surface area (Å²) >= 11 is 0. The Morgan fingerprint density at radius 3 is 0.988 bits per heavy atom. The number of carbonyl (C=O) groups excluding carboxylic acids is 9. The van der Waals surface area contributed by atoms with Crippen LogP contribution in [0.25, 0.3) is 0 Å². The topological polar surface area (TPSA) is 237 Å². The molecule has 0 aromatic carbocycles. The third kappa shape index (κ3) is 24.8. The normalized spacial score (nSPS) is 21.4. The van der Waals surface area contributed by atoms with Crippen molar-refractivity contribution in [2.24, 2.45) is 39.9 Å². The lowest BCUT2D eigenvalue weighted by atomic mass is 9.49. The zero-order valence-corrected chi connectivity index (χ0v) is 46.8. The molecule has 470 valence electrons. The zero-order valence-electron chi connectivity index (χ0n) is 46.8. The third-order valence-corrected chi connectivity index (χ3v) is 16.5. The lowest BCUT2D eigenvalue weighted by molar-refractivity contribution is -0.214. The summed E-state index contributed by atoms with van der Waals surface area (Å²) in [4.78, 5) is 106. The fraction of sp³-hybridized carbons (Fsp3) is 0.855. The van der Waals surface area contributed by atoms with Gasteiger partial charge in [-0.15, -0.1) is 0 Å². The number of rotatable bonds is 23. The SMILES string of the molecule is C.C.C.C.C.C.CCC(C)(C)C(=O)OCC(=O)OCC(=O)OC1(C)CCCC1.CCC(C)(C)C(=O)OCC(=O)OCC(=O)OC1(CC)C2CC3CC(C2)CC1C3.CCC1(OC(=O)COC(=O)COC(=O)C(C)(C)CC)CCCCC1. The van der Waals surface area contributed by atoms with E-state index in [9.17, 15) is 43.2 Å². The molecule has 6 saturated carbocycles. The molecule has 18 heteroatoms. The zero-order chi connectivity index (χ0) is 55.5. The molecule has 4 bridgehead atoms. The summed E-state index contributed by atoms with van der Waals surface area (Å²) in [7, 11) is 0. The van der Waals surface area contributed by atoms with Crippen molar-refractivity contribution < 1.29 is 85.8 Å². The van der Waals surface area contributed by atoms with Crippen LogP contribution in [0.3, 0.4) is 0 Å². The van der Waals surface area contributed by atoms with Gasteiger partial charge in [-0.05, 0) is 188 Å². The number of carbonyl (C=O) groups is 9. The van der Waals surface area contributed by atoms with E-state index in [2.05, 4.69) is 6.92 Å². The number of ether oxygens (including phenoxy) is 9. The second kappa shape index (κ2) is 36.6. The van der Waals surface area contributed by atoms with Crippen molar-refractivity contribution in [2.45, 2.75) is 266 Å². The Kier molecular flexibility index (Phi) is 37.4. The summed E-state index contributed by atoms with van der Waals surface area (Å²) in [5.74, 6) is -2.77. The Morgan fingerprint density at radius 1 is 0.375 bits per heavy atom. The van der Waals surface area contributed by atoms with Crippen LogP contribution in [0, 0.1) is 39.9 Å². The maximum absolute atomic E-state index is 12.4. The highest BCUT2D eigenvalue weighted by molar-refractivity contribution is 5.83. The highest BCUT2D eigenvalue weighted by atomic mass is 16.6. The van der Waals surface area contributed by atoms with E-state index in [1.165, 1.54) is 6.42 Å². The molecule has 0 amide bonds. The Balaban J connectivity index is -0.000000526. The van der Waals surface area contributed by atoms with E-state index in [-0.39, 0.29) is 44.6 Å². The molecule has 0 atom stereocenters. The first kappa shape index (κ1) is 81.7. The van der Waals surface area contributed by atoms with Gasteiger partial charge in [-0.25, -0.2) is 28.8 Å². The van der Waals surface area contributed by atoms with Gasteiger partial charge in [0.1, 0.15) is 16.8 Å². The van der Waals surface area contributed by atoms with E-state index >= 15 is 0 Å². The quantitative estimate of drug-likeness (QED) is 0.0683. The molecule has 0 radical (unpaired) electrons. The molecular formula is C62H114O18. The summed E-state index contributed by atoms with van der Waals surface area (Å²) < 4.78 is 46.3. The highest BCUT2D eigenvalue weighted by Crippen LogP contribution is 2.60. The molecule has 0 saturated heterocycles. The molecule has 6 aliphatic rings. The number of esters is 9. The monoisotopic (exact) mass is 1150 g/mol. The third-order valence-electron chi connectivity index (χ3n) is 16.5. The van der Waals surface area contributed by atoms with Gasteiger partial charge in [-0.1, -0.05) is 85.6 Å². The molecule has 80 heavy (non-hydrogen) atoms. The molecule has 0 aromatic rings. The van der Waals surface area contributed by atoms with Crippen molar-refractivity contribution in [3.05, 3.63) is 0 Å². The Hall–Kier alpha value is -4.77. The smallest absolute Gasteiger partial charge is 0.344 e. The fourth-order valence-corrected chi connectivity index (χ4v) is 10.5. The molecule has 0 spiro atoms. The molecule has 0 heterocycles. The van der Waals surface area contributed by atoms with E-state index in [0.29, 0.717) is 31.1 Å². The molecule has 0 unspecified atom stereocenters. The van der Waals surface area contributed by atoms with Crippen LogP contribution in [0.4, 0.5) is 0 Å². The van der Waals surface area contributed by atoms with E-state index in [4.69, 9.17) is 42.6 Å². The minimum absolute atomic E-state index is 0. The van der Waals surface area contributed by atoms with Crippen molar-refractivity contribution in [2.75, 3.05) is 39.6 Å². The molecular weight excluding hydrogens is 1030 g/mol. The van der Waals surface area contributed by atoms with Crippen LogP contribution in [0.5, 0.6) is 0 Å². The van der Waals surface area contributed by atoms with Crippen molar-refractivity contribution in [3.63, 3.8) is 0 Å². The van der Waals surface area contributed by atoms with Crippen LogP contribution in [-0.2, 0) is 85.8 Å². The van der Waals surface area contributed by atoms with Gasteiger partial charge >= 0.3 is 53.7 Å². The van der Waals surface area contributed by atoms with Crippen LogP contribution in [0.15, 0.2) is 0 Å². The standard InChI is InChI=1S/C22H34O6.C18H30O6.C16H26O6.6CH4/c1-5-21(3,4)20(25)27-12-18(23)26-13-19(24)28-22(6-2)16-8-14-7-15(10-16)11-17(22)9-14;1-5-17(3,4)16(21)23-12-14(19)22-13-15(20)24-18(6-2)10-8-7-9-11-18;1-5-15(2,3)14(19)21-10-12(17)20-11-13(18)22-16(4)8-6-7-9-16;;;;;;/h14-17H,5-13H2,1-4H3;5-13H2,1-4H3;5-11H2,1-4H3;6*1H4. The second-order valence-electron chi connectivity index (χ2n) is 23.2. The average molecular weight is 1150 g/mol. The van der Waals surface area contributed by atoms with Crippen LogP contribution >= 0.6 is 0 Å². The lowest BCUT2D eigenvalue weighted by Crippen LogP contribution is -2.59. The van der Waals surface area contributed by atoms with Crippen LogP contribution in [0.1, 0.15) is 250 Å². The summed E-state index contributed by atoms with van der Waals surface area (Å²) in [6, 6.07) is 0. The first-order valence-corrected chi connectivity index (χ1v) is 27.3. The van der Waals surface area contributed by atoms with Crippen molar-refractivity contribution in [1.29, 1.82) is 0 Å². The van der Waals surface area contributed by atoms with Crippen LogP contribution < -0.4 is 0 Å². The minimum atomic E-state index is -0.756. The Bertz CT molecular complexity index is 1890. The van der Waals surface area contributed by atoms with E-state index in [0.717, 1.165) is 108 Å². The summed E-state index contributed by atoms with van der Waals surface area (Å²) in [5.41, 5.74) is -3.19. The molecule has 0 aliphatic heterocycles. The van der Waals surface area contributed by atoms with Gasteiger partial charge in [0, 0.05) is 0 Å². The van der Waals surface area contributed by atoms with Crippen molar-refractivity contribution in [3.8, 4) is 0 Å². The number of hydrogen-bond donors (Lipinski definition) is 0. The van der Waals surface area contributed by atoms with Crippen LogP contribution in [0.2, 0.25) is 0 Å². The van der Waals surface area contributed by atoms with Crippen LogP contribution in [-0.4, -0.2) is 110 Å². The van der Waals surface area contributed by atoms with Gasteiger partial charge in [-0.3, -0.25) is 14.4 Å². The predicted octanol–water partition coefficient (Wildman–Crippen LogP) is 13.0. The molecule has 6 fully saturated rings. The van der Waals surface area contributed by atoms with Gasteiger partial charge in [0.2, 0.25) is 0 Å². The van der Waals surface area contributed by atoms with Gasteiger partial charge < -0.3 is 42.6 Å². The predicted molar refractivity (Wildman–Crippen MR) is 310 cm³/mol. The summed E-state index contributed by atoms with van der Waals surface area (Å²) in [5, 5.41) is 0. The Labute approximate surface area is 483 Å². The summed E-state index contributed by atoms with van der Waals surface area (Å²) in [6.07, 6.45) is 18.0. The molecule has 6 rings (SSSR count). The first-order chi connectivity index (χ1) is 34.6. The minimum Gasteiger partial charge on any atom is -0.457 e. The van der Waals surface area contributed by atoms with E-state index in [1.54, 1.807) is 41.5 Å². The van der Waals surface area contributed by atoms with Gasteiger partial charge in [0.25, 0.3) is 0 Å².